The number of anilines is 1. The molecule has 0 bridgehead atoms. The van der Waals surface area contributed by atoms with Crippen molar-refractivity contribution in [1.29, 1.82) is 0 Å². The average molecular weight is 776 g/mol. The lowest BCUT2D eigenvalue weighted by Crippen LogP contribution is -2.43. The summed E-state index contributed by atoms with van der Waals surface area (Å²) in [6.45, 7) is 16.1. The number of hydrogen-bond acceptors (Lipinski definition) is 9. The Morgan fingerprint density at radius 3 is 2.55 bits per heavy atom. The molecule has 4 aromatic rings. The Morgan fingerprint density at radius 1 is 1.05 bits per heavy atom. The maximum absolute atomic E-state index is 17.4. The van der Waals surface area contributed by atoms with Gasteiger partial charge in [-0.1, -0.05) is 53.5 Å². The fraction of sp³-hybridized carbons (Fsp3) is 0.548. The fourth-order valence-corrected chi connectivity index (χ4v) is 14.8. The van der Waals surface area contributed by atoms with Crippen LogP contribution in [-0.4, -0.2) is 104 Å². The van der Waals surface area contributed by atoms with Gasteiger partial charge in [0.25, 0.3) is 0 Å². The van der Waals surface area contributed by atoms with Crippen LogP contribution in [0.5, 0.6) is 11.8 Å². The number of pyridine rings is 1. The first-order chi connectivity index (χ1) is 26.3. The van der Waals surface area contributed by atoms with Crippen LogP contribution in [0.4, 0.5) is 19.0 Å². The Bertz CT molecular complexity index is 2120. The predicted molar refractivity (Wildman–Crippen MR) is 212 cm³/mol. The zero-order valence-corrected chi connectivity index (χ0v) is 33.9. The van der Waals surface area contributed by atoms with Crippen molar-refractivity contribution in [1.82, 2.24) is 19.9 Å². The molecule has 1 unspecified atom stereocenters. The van der Waals surface area contributed by atoms with E-state index in [0.29, 0.717) is 77.9 Å². The van der Waals surface area contributed by atoms with Gasteiger partial charge in [0, 0.05) is 50.3 Å². The molecule has 3 aliphatic heterocycles. The minimum Gasteiger partial charge on any atom is -0.508 e. The molecule has 2 aromatic heterocycles. The van der Waals surface area contributed by atoms with Gasteiger partial charge in [0.05, 0.1) is 35.8 Å². The van der Waals surface area contributed by atoms with Crippen LogP contribution >= 0.6 is 0 Å². The summed E-state index contributed by atoms with van der Waals surface area (Å²) in [5.74, 6) is 2.22. The van der Waals surface area contributed by atoms with Crippen LogP contribution in [0.25, 0.3) is 32.9 Å². The summed E-state index contributed by atoms with van der Waals surface area (Å²) in [5.41, 5.74) is 4.23. The largest absolute Gasteiger partial charge is 0.508 e. The second-order valence-electron chi connectivity index (χ2n) is 16.4. The number of aromatic nitrogens is 3. The highest BCUT2D eigenvalue weighted by Crippen LogP contribution is 2.43. The molecular formula is C42H52F3N5O4Si. The molecule has 0 amide bonds. The third kappa shape index (κ3) is 7.15. The van der Waals surface area contributed by atoms with Gasteiger partial charge >= 0.3 is 6.01 Å². The number of aromatic hydroxyl groups is 1. The lowest BCUT2D eigenvalue weighted by atomic mass is 9.95. The highest BCUT2D eigenvalue weighted by Gasteiger charge is 2.49. The van der Waals surface area contributed by atoms with E-state index in [-0.39, 0.29) is 46.8 Å². The summed E-state index contributed by atoms with van der Waals surface area (Å²) in [7, 11) is -0.678. The van der Waals surface area contributed by atoms with E-state index in [1.807, 2.05) is 4.90 Å². The van der Waals surface area contributed by atoms with Crippen LogP contribution in [0.2, 0.25) is 16.6 Å². The first-order valence-corrected chi connectivity index (χ1v) is 21.7. The van der Waals surface area contributed by atoms with E-state index in [4.69, 9.17) is 19.2 Å². The zero-order valence-electron chi connectivity index (χ0n) is 32.9. The lowest BCUT2D eigenvalue weighted by Gasteiger charge is -2.38. The summed E-state index contributed by atoms with van der Waals surface area (Å²) in [5, 5.41) is 12.1. The van der Waals surface area contributed by atoms with Gasteiger partial charge < -0.3 is 24.2 Å². The molecule has 5 heterocycles. The van der Waals surface area contributed by atoms with Gasteiger partial charge in [-0.05, 0) is 59.6 Å². The van der Waals surface area contributed by atoms with Crippen LogP contribution in [0.15, 0.2) is 30.5 Å². The fourth-order valence-electron chi connectivity index (χ4n) is 9.61. The number of methoxy groups -OCH3 is 1. The standard InChI is InChI=1S/C42H52F3N5O4Si/c1-25(2)55(26(3)4,27(5)6)16-11-32-35(44)10-9-28-17-30(51)18-33(36(28)32)38-37(45)39-34(20-46-38)40(49-14-15-53-23-31(22-49)52-7)48-41(47-39)54-24-42-12-8-13-50(42)21-29(43)19-42/h9-10,17-18,20,25-27,29,31,51H,8,12-15,19,21-24H2,1-7H3/t29-,31?,42+/m1/s1. The van der Waals surface area contributed by atoms with Crippen molar-refractivity contribution in [2.24, 2.45) is 0 Å². The summed E-state index contributed by atoms with van der Waals surface area (Å²) >= 11 is 0. The van der Waals surface area contributed by atoms with Crippen molar-refractivity contribution in [2.45, 2.75) is 95.2 Å². The third-order valence-corrected chi connectivity index (χ3v) is 18.6. The minimum atomic E-state index is -2.29. The first-order valence-electron chi connectivity index (χ1n) is 19.5. The predicted octanol–water partition coefficient (Wildman–Crippen LogP) is 8.21. The molecular weight excluding hydrogens is 724 g/mol. The summed E-state index contributed by atoms with van der Waals surface area (Å²) in [4.78, 5) is 18.2. The van der Waals surface area contributed by atoms with E-state index in [9.17, 15) is 9.50 Å². The zero-order chi connectivity index (χ0) is 39.2. The van der Waals surface area contributed by atoms with Gasteiger partial charge in [-0.15, -0.1) is 5.54 Å². The van der Waals surface area contributed by atoms with Gasteiger partial charge in [0.1, 0.15) is 49.4 Å². The van der Waals surface area contributed by atoms with Crippen LogP contribution in [0.1, 0.15) is 66.4 Å². The van der Waals surface area contributed by atoms with E-state index in [2.05, 4.69) is 67.9 Å². The van der Waals surface area contributed by atoms with Crippen LogP contribution in [0, 0.1) is 23.1 Å². The van der Waals surface area contributed by atoms with Crippen LogP contribution in [-0.2, 0) is 9.47 Å². The van der Waals surface area contributed by atoms with Crippen LogP contribution in [0.3, 0.4) is 0 Å². The molecule has 0 radical (unpaired) electrons. The molecule has 3 saturated heterocycles. The van der Waals surface area contributed by atoms with Crippen LogP contribution < -0.4 is 9.64 Å². The Kier molecular flexibility index (Phi) is 11.1. The molecule has 55 heavy (non-hydrogen) atoms. The van der Waals surface area contributed by atoms with E-state index in [0.717, 1.165) is 19.4 Å². The number of alkyl halides is 1. The Hall–Kier alpha value is -3.96. The molecule has 0 aliphatic carbocycles. The van der Waals surface area contributed by atoms with Crippen molar-refractivity contribution in [3.05, 3.63) is 47.7 Å². The molecule has 3 fully saturated rings. The number of hydrogen-bond donors (Lipinski definition) is 1. The number of fused-ring (bicyclic) bond motifs is 3. The van der Waals surface area contributed by atoms with E-state index in [1.54, 1.807) is 13.2 Å². The third-order valence-electron chi connectivity index (χ3n) is 12.3. The van der Waals surface area contributed by atoms with E-state index in [1.165, 1.54) is 24.4 Å². The molecule has 0 spiro atoms. The Labute approximate surface area is 322 Å². The van der Waals surface area contributed by atoms with Crippen molar-refractivity contribution >= 4 is 35.6 Å². The molecule has 3 aliphatic rings. The second-order valence-corrected chi connectivity index (χ2v) is 22.0. The molecule has 3 atom stereocenters. The van der Waals surface area contributed by atoms with Gasteiger partial charge in [0.15, 0.2) is 5.82 Å². The number of nitrogens with zero attached hydrogens (tertiary/aromatic N) is 5. The molecule has 9 nitrogen and oxygen atoms in total. The average Bonchev–Trinajstić information content (AvgIpc) is 3.55. The van der Waals surface area contributed by atoms with Gasteiger partial charge in [-0.3, -0.25) is 9.88 Å². The first kappa shape index (κ1) is 39.3. The second kappa shape index (κ2) is 15.5. The Balaban J connectivity index is 1.41. The van der Waals surface area contributed by atoms with Gasteiger partial charge in [-0.25, -0.2) is 13.2 Å². The number of phenolic OH excluding ortho intramolecular Hbond substituents is 1. The molecule has 294 valence electrons. The summed E-state index contributed by atoms with van der Waals surface area (Å²) in [6, 6.07) is 5.78. The summed E-state index contributed by atoms with van der Waals surface area (Å²) < 4.78 is 65.8. The molecule has 2 aromatic carbocycles. The van der Waals surface area contributed by atoms with E-state index >= 15 is 8.78 Å². The molecule has 0 saturated carbocycles. The van der Waals surface area contributed by atoms with Gasteiger partial charge in [0.2, 0.25) is 0 Å². The highest BCUT2D eigenvalue weighted by atomic mass is 28.3. The maximum Gasteiger partial charge on any atom is 0.319 e. The number of ether oxygens (including phenoxy) is 3. The maximum atomic E-state index is 17.4. The smallest absolute Gasteiger partial charge is 0.319 e. The van der Waals surface area contributed by atoms with Crippen molar-refractivity contribution in [3.63, 3.8) is 0 Å². The van der Waals surface area contributed by atoms with Crippen molar-refractivity contribution in [2.75, 3.05) is 58.0 Å². The normalized spacial score (nSPS) is 22.2. The highest BCUT2D eigenvalue weighted by molar-refractivity contribution is 6.90. The lowest BCUT2D eigenvalue weighted by molar-refractivity contribution is 0.0286. The number of halogens is 3. The van der Waals surface area contributed by atoms with Crippen molar-refractivity contribution < 1.29 is 32.5 Å². The number of rotatable bonds is 9. The monoisotopic (exact) mass is 775 g/mol. The molecule has 13 heteroatoms. The molecule has 7 rings (SSSR count). The topological polar surface area (TPSA) is 93.1 Å². The van der Waals surface area contributed by atoms with Crippen molar-refractivity contribution in [3.8, 4) is 34.5 Å². The Morgan fingerprint density at radius 2 is 1.82 bits per heavy atom. The quantitative estimate of drug-likeness (QED) is 0.134. The minimum absolute atomic E-state index is 0.0445. The number of phenols is 1. The van der Waals surface area contributed by atoms with Gasteiger partial charge in [-0.2, -0.15) is 9.97 Å². The van der Waals surface area contributed by atoms with E-state index < -0.39 is 31.4 Å². The number of benzene rings is 2. The molecule has 1 N–H and O–H groups in total. The summed E-state index contributed by atoms with van der Waals surface area (Å²) in [6.07, 6.45) is 2.39. The SMILES string of the molecule is COC1COCCN(c2nc(OC[C@@]34CCCN3C[C@H](F)C4)nc3c(F)c(-c4cc(O)cc5ccc(F)c(C#C[Si](C(C)C)(C(C)C)C(C)C)c45)ncc23)C1.